The van der Waals surface area contributed by atoms with Crippen molar-refractivity contribution in [3.63, 3.8) is 0 Å². The quantitative estimate of drug-likeness (QED) is 0.842. The summed E-state index contributed by atoms with van der Waals surface area (Å²) in [7, 11) is -3.84. The van der Waals surface area contributed by atoms with Gasteiger partial charge in [-0.1, -0.05) is 54.1 Å². The number of hydrogen-bond acceptors (Lipinski definition) is 3. The van der Waals surface area contributed by atoms with Gasteiger partial charge in [0.1, 0.15) is 0 Å². The van der Waals surface area contributed by atoms with Crippen LogP contribution in [-0.4, -0.2) is 14.3 Å². The van der Waals surface area contributed by atoms with Crippen molar-refractivity contribution in [3.05, 3.63) is 82.2 Å². The van der Waals surface area contributed by atoms with E-state index in [9.17, 15) is 13.2 Å². The van der Waals surface area contributed by atoms with Crippen molar-refractivity contribution in [1.82, 2.24) is 4.72 Å². The molecule has 0 aliphatic carbocycles. The summed E-state index contributed by atoms with van der Waals surface area (Å²) in [4.78, 5) is 11.7. The summed E-state index contributed by atoms with van der Waals surface area (Å²) in [5, 5.41) is 1.54. The Morgan fingerprint density at radius 3 is 2.17 bits per heavy atom. The van der Waals surface area contributed by atoms with Crippen molar-refractivity contribution in [2.24, 2.45) is 0 Å². The fraction of sp³-hybridized carbons (Fsp3) is 0. The molecule has 0 atom stereocenters. The fourth-order valence-corrected chi connectivity index (χ4v) is 2.57. The second-order valence-corrected chi connectivity index (χ2v) is 6.61. The third kappa shape index (κ3) is 6.10. The third-order valence-electron chi connectivity index (χ3n) is 2.78. The number of hydrogen-bond donors (Lipinski definition) is 1. The summed E-state index contributed by atoms with van der Waals surface area (Å²) in [6, 6.07) is 15.7. The zero-order valence-electron chi connectivity index (χ0n) is 12.0. The monoisotopic (exact) mass is 347 g/mol. The number of amides is 1. The second kappa shape index (κ2) is 7.76. The van der Waals surface area contributed by atoms with Crippen LogP contribution >= 0.6 is 11.6 Å². The van der Waals surface area contributed by atoms with Gasteiger partial charge < -0.3 is 0 Å². The Balaban J connectivity index is 1.98. The fourth-order valence-electron chi connectivity index (χ4n) is 1.69. The lowest BCUT2D eigenvalue weighted by atomic mass is 10.2. The van der Waals surface area contributed by atoms with E-state index in [2.05, 4.69) is 0 Å². The maximum absolute atomic E-state index is 11.8. The van der Waals surface area contributed by atoms with E-state index >= 15 is 0 Å². The zero-order valence-corrected chi connectivity index (χ0v) is 13.6. The highest BCUT2D eigenvalue weighted by molar-refractivity contribution is 7.93. The molecule has 2 aromatic carbocycles. The van der Waals surface area contributed by atoms with E-state index in [0.29, 0.717) is 5.02 Å². The van der Waals surface area contributed by atoms with Gasteiger partial charge in [0.25, 0.3) is 15.9 Å². The molecule has 0 aliphatic rings. The molecule has 0 bridgehead atoms. The first kappa shape index (κ1) is 17.0. The van der Waals surface area contributed by atoms with E-state index in [4.69, 9.17) is 11.6 Å². The molecule has 1 N–H and O–H groups in total. The van der Waals surface area contributed by atoms with Gasteiger partial charge in [0, 0.05) is 11.1 Å². The lowest BCUT2D eigenvalue weighted by Crippen LogP contribution is -2.26. The highest BCUT2D eigenvalue weighted by Gasteiger charge is 2.08. The highest BCUT2D eigenvalue weighted by atomic mass is 35.5. The number of nitrogens with one attached hydrogen (secondary N) is 1. The van der Waals surface area contributed by atoms with Crippen LogP contribution in [0.15, 0.2) is 66.1 Å². The topological polar surface area (TPSA) is 63.2 Å². The van der Waals surface area contributed by atoms with E-state index in [1.807, 2.05) is 10.8 Å². The first-order chi connectivity index (χ1) is 10.9. The van der Waals surface area contributed by atoms with Crippen LogP contribution < -0.4 is 4.72 Å². The summed E-state index contributed by atoms with van der Waals surface area (Å²) in [5.74, 6) is -0.724. The van der Waals surface area contributed by atoms with Crippen LogP contribution in [0, 0.1) is 0 Å². The van der Waals surface area contributed by atoms with Gasteiger partial charge in [0.15, 0.2) is 0 Å². The predicted octanol–water partition coefficient (Wildman–Crippen LogP) is 3.47. The van der Waals surface area contributed by atoms with E-state index < -0.39 is 15.9 Å². The summed E-state index contributed by atoms with van der Waals surface area (Å²) in [5.41, 5.74) is 1.46. The van der Waals surface area contributed by atoms with Gasteiger partial charge in [-0.25, -0.2) is 13.1 Å². The van der Waals surface area contributed by atoms with E-state index in [-0.39, 0.29) is 0 Å². The van der Waals surface area contributed by atoms with Crippen LogP contribution in [-0.2, 0) is 14.8 Å². The minimum Gasteiger partial charge on any atom is -0.269 e. The van der Waals surface area contributed by atoms with Gasteiger partial charge in [-0.2, -0.15) is 0 Å². The van der Waals surface area contributed by atoms with Gasteiger partial charge in [0.05, 0.1) is 5.41 Å². The van der Waals surface area contributed by atoms with Crippen LogP contribution in [0.1, 0.15) is 11.1 Å². The molecule has 0 saturated carbocycles. The predicted molar refractivity (Wildman–Crippen MR) is 93.0 cm³/mol. The Morgan fingerprint density at radius 2 is 1.52 bits per heavy atom. The molecule has 0 unspecified atom stereocenters. The Hall–Kier alpha value is -2.37. The Labute approximate surface area is 140 Å². The summed E-state index contributed by atoms with van der Waals surface area (Å²) in [6.45, 7) is 0. The lowest BCUT2D eigenvalue weighted by molar-refractivity contribution is -0.114. The van der Waals surface area contributed by atoms with Crippen LogP contribution in [0.25, 0.3) is 12.2 Å². The SMILES string of the molecule is O=C(/C=C/c1ccc(Cl)cc1)NS(=O)(=O)/C=C/c1ccccc1. The number of benzene rings is 2. The van der Waals surface area contributed by atoms with Crippen molar-refractivity contribution in [1.29, 1.82) is 0 Å². The molecule has 2 rings (SSSR count). The van der Waals surface area contributed by atoms with Gasteiger partial charge in [-0.05, 0) is 35.4 Å². The summed E-state index contributed by atoms with van der Waals surface area (Å²) in [6.07, 6.45) is 4.07. The molecule has 0 aliphatic heterocycles. The molecule has 118 valence electrons. The van der Waals surface area contributed by atoms with Crippen molar-refractivity contribution < 1.29 is 13.2 Å². The molecule has 6 heteroatoms. The number of carbonyl (C=O) groups excluding carboxylic acids is 1. The Morgan fingerprint density at radius 1 is 0.913 bits per heavy atom. The standard InChI is InChI=1S/C17H14ClNO3S/c18-16-9-6-15(7-10-16)8-11-17(20)19-23(21,22)13-12-14-4-2-1-3-5-14/h1-13H,(H,19,20)/b11-8+,13-12+. The van der Waals surface area contributed by atoms with Gasteiger partial charge >= 0.3 is 0 Å². The van der Waals surface area contributed by atoms with Gasteiger partial charge in [-0.3, -0.25) is 4.79 Å². The number of halogens is 1. The Kier molecular flexibility index (Phi) is 5.73. The molecule has 2 aromatic rings. The van der Waals surface area contributed by atoms with Crippen molar-refractivity contribution in [3.8, 4) is 0 Å². The van der Waals surface area contributed by atoms with Crippen LogP contribution in [0.4, 0.5) is 0 Å². The molecule has 0 aromatic heterocycles. The number of sulfonamides is 1. The molecule has 0 spiro atoms. The largest absolute Gasteiger partial charge is 0.269 e. The van der Waals surface area contributed by atoms with Crippen molar-refractivity contribution in [2.45, 2.75) is 0 Å². The van der Waals surface area contributed by atoms with E-state index in [1.165, 1.54) is 12.2 Å². The van der Waals surface area contributed by atoms with Gasteiger partial charge in [0.2, 0.25) is 0 Å². The van der Waals surface area contributed by atoms with Crippen molar-refractivity contribution >= 4 is 39.7 Å². The summed E-state index contributed by atoms with van der Waals surface area (Å²) >= 11 is 5.76. The molecular weight excluding hydrogens is 334 g/mol. The molecule has 23 heavy (non-hydrogen) atoms. The molecule has 0 fully saturated rings. The van der Waals surface area contributed by atoms with Crippen LogP contribution in [0.3, 0.4) is 0 Å². The molecule has 0 saturated heterocycles. The molecule has 1 amide bonds. The molecule has 0 radical (unpaired) electrons. The van der Waals surface area contributed by atoms with Crippen LogP contribution in [0.2, 0.25) is 5.02 Å². The second-order valence-electron chi connectivity index (χ2n) is 4.61. The molecule has 4 nitrogen and oxygen atoms in total. The zero-order chi connectivity index (χ0) is 16.7. The van der Waals surface area contributed by atoms with Gasteiger partial charge in [-0.15, -0.1) is 0 Å². The normalized spacial score (nSPS) is 11.9. The van der Waals surface area contributed by atoms with Crippen LogP contribution in [0.5, 0.6) is 0 Å². The average molecular weight is 348 g/mol. The van der Waals surface area contributed by atoms with E-state index in [1.54, 1.807) is 48.5 Å². The highest BCUT2D eigenvalue weighted by Crippen LogP contribution is 2.10. The number of carbonyl (C=O) groups is 1. The Bertz CT molecular complexity index is 826. The smallest absolute Gasteiger partial charge is 0.257 e. The first-order valence-corrected chi connectivity index (χ1v) is 8.61. The first-order valence-electron chi connectivity index (χ1n) is 6.68. The average Bonchev–Trinajstić information content (AvgIpc) is 2.53. The maximum atomic E-state index is 11.8. The van der Waals surface area contributed by atoms with E-state index in [0.717, 1.165) is 22.6 Å². The maximum Gasteiger partial charge on any atom is 0.257 e. The minimum atomic E-state index is -3.84. The molecular formula is C17H14ClNO3S. The lowest BCUT2D eigenvalue weighted by Gasteiger charge is -1.99. The molecule has 0 heterocycles. The van der Waals surface area contributed by atoms with Crippen molar-refractivity contribution in [2.75, 3.05) is 0 Å². The minimum absolute atomic E-state index is 0.584. The summed E-state index contributed by atoms with van der Waals surface area (Å²) < 4.78 is 25.5. The number of rotatable bonds is 5. The third-order valence-corrected chi connectivity index (χ3v) is 4.01.